The molecule has 0 saturated carbocycles. The molecular formula is C54H46N4O. The molecule has 5 nitrogen and oxygen atoms in total. The molecule has 8 aromatic rings. The van der Waals surface area contributed by atoms with Crippen LogP contribution in [0.25, 0.3) is 33.1 Å². The highest BCUT2D eigenvalue weighted by molar-refractivity contribution is 6.16. The minimum atomic E-state index is -0.394. The lowest BCUT2D eigenvalue weighted by Gasteiger charge is -2.29. The Balaban J connectivity index is 1.28. The third-order valence-electron chi connectivity index (χ3n) is 12.0. The summed E-state index contributed by atoms with van der Waals surface area (Å²) in [6, 6.07) is 55.3. The first kappa shape index (κ1) is 37.5. The van der Waals surface area contributed by atoms with Gasteiger partial charge < -0.3 is 14.2 Å². The van der Waals surface area contributed by atoms with Crippen LogP contribution in [0, 0.1) is 22.7 Å². The molecule has 0 saturated heterocycles. The zero-order valence-corrected chi connectivity index (χ0v) is 34.6. The van der Waals surface area contributed by atoms with Gasteiger partial charge in [-0.2, -0.15) is 10.5 Å². The summed E-state index contributed by atoms with van der Waals surface area (Å²) < 4.78 is 6.94. The molecule has 0 unspecified atom stereocenters. The maximum absolute atomic E-state index is 9.70. The Morgan fingerprint density at radius 1 is 0.593 bits per heavy atom. The molecule has 0 fully saturated rings. The Kier molecular flexibility index (Phi) is 8.95. The van der Waals surface area contributed by atoms with Gasteiger partial charge in [-0.3, -0.25) is 0 Å². The van der Waals surface area contributed by atoms with E-state index in [1.54, 1.807) is 0 Å². The van der Waals surface area contributed by atoms with Crippen molar-refractivity contribution in [2.75, 3.05) is 9.80 Å². The number of fused-ring (bicyclic) bond motifs is 7. The van der Waals surface area contributed by atoms with Gasteiger partial charge in [0.2, 0.25) is 0 Å². The highest BCUT2D eigenvalue weighted by Gasteiger charge is 2.40. The highest BCUT2D eigenvalue weighted by Crippen LogP contribution is 2.57. The number of nitrogens with zero attached hydrogens (tertiary/aromatic N) is 4. The molecular weight excluding hydrogens is 721 g/mol. The van der Waals surface area contributed by atoms with Crippen LogP contribution in [0.4, 0.5) is 34.1 Å². The molecule has 1 heterocycles. The summed E-state index contributed by atoms with van der Waals surface area (Å²) in [7, 11) is 0. The SMILES string of the molecule is CC(C)c1ccc(N(c2ccc(C#N)cc2)c2cc3c(c4c2oc2ccccc24)C(C)(C)c2cc(N(c4ccc(C#N)cc4)c4ccc(C(C)(C)C)cc4)ccc2-3)cc1. The van der Waals surface area contributed by atoms with Gasteiger partial charge in [-0.25, -0.2) is 0 Å². The summed E-state index contributed by atoms with van der Waals surface area (Å²) in [6.45, 7) is 15.8. The van der Waals surface area contributed by atoms with Crippen LogP contribution >= 0.6 is 0 Å². The molecule has 0 radical (unpaired) electrons. The van der Waals surface area contributed by atoms with Gasteiger partial charge in [-0.1, -0.05) is 97.0 Å². The Hall–Kier alpha value is -7.08. The first-order valence-electron chi connectivity index (χ1n) is 20.3. The predicted octanol–water partition coefficient (Wildman–Crippen LogP) is 15.0. The van der Waals surface area contributed by atoms with E-state index in [0.29, 0.717) is 17.0 Å². The topological polar surface area (TPSA) is 67.2 Å². The zero-order valence-electron chi connectivity index (χ0n) is 34.6. The predicted molar refractivity (Wildman–Crippen MR) is 243 cm³/mol. The lowest BCUT2D eigenvalue weighted by atomic mass is 9.80. The second kappa shape index (κ2) is 14.1. The average Bonchev–Trinajstić information content (AvgIpc) is 3.73. The molecule has 288 valence electrons. The fourth-order valence-electron chi connectivity index (χ4n) is 8.83. The Labute approximate surface area is 347 Å². The van der Waals surface area contributed by atoms with Crippen LogP contribution in [0.3, 0.4) is 0 Å². The summed E-state index contributed by atoms with van der Waals surface area (Å²) in [5.74, 6) is 0.397. The monoisotopic (exact) mass is 766 g/mol. The zero-order chi connectivity index (χ0) is 41.2. The molecule has 9 rings (SSSR count). The van der Waals surface area contributed by atoms with E-state index in [0.717, 1.165) is 56.1 Å². The number of furan rings is 1. The van der Waals surface area contributed by atoms with Gasteiger partial charge in [0.15, 0.2) is 5.58 Å². The molecule has 1 aromatic heterocycles. The molecule has 59 heavy (non-hydrogen) atoms. The maximum atomic E-state index is 9.70. The van der Waals surface area contributed by atoms with Crippen LogP contribution < -0.4 is 9.80 Å². The minimum absolute atomic E-state index is 0.0236. The number of nitriles is 2. The Morgan fingerprint density at radius 2 is 1.12 bits per heavy atom. The number of benzene rings is 7. The van der Waals surface area contributed by atoms with Crippen molar-refractivity contribution in [3.8, 4) is 23.3 Å². The normalized spacial score (nSPS) is 12.9. The number of hydrogen-bond donors (Lipinski definition) is 0. The summed E-state index contributed by atoms with van der Waals surface area (Å²) >= 11 is 0. The van der Waals surface area contributed by atoms with Crippen molar-refractivity contribution in [1.82, 2.24) is 0 Å². The van der Waals surface area contributed by atoms with Crippen LogP contribution in [-0.4, -0.2) is 0 Å². The molecule has 1 aliphatic rings. The third kappa shape index (κ3) is 6.31. The lowest BCUT2D eigenvalue weighted by Crippen LogP contribution is -2.17. The fraction of sp³-hybridized carbons (Fsp3) is 0.185. The molecule has 0 N–H and O–H groups in total. The van der Waals surface area contributed by atoms with E-state index in [2.05, 4.69) is 161 Å². The number of rotatable bonds is 7. The first-order valence-corrected chi connectivity index (χ1v) is 20.3. The largest absolute Gasteiger partial charge is 0.454 e. The lowest BCUT2D eigenvalue weighted by molar-refractivity contribution is 0.590. The number of para-hydroxylation sites is 1. The van der Waals surface area contributed by atoms with Gasteiger partial charge in [0.1, 0.15) is 5.58 Å². The van der Waals surface area contributed by atoms with E-state index in [-0.39, 0.29) is 5.41 Å². The molecule has 0 aliphatic heterocycles. The standard InChI is InChI=1S/C54H46N4O/c1-34(2)37-16-24-42(25-17-37)58(41-22-14-36(33-56)15-23-41)48-31-46-44-29-28-43(30-47(44)54(6,7)51(46)50-45-10-8-9-11-49(45)59-52(48)50)57(39-20-12-35(32-55)13-21-39)40-26-18-38(19-27-40)53(3,4)5/h8-31,34H,1-7H3. The summed E-state index contributed by atoms with van der Waals surface area (Å²) in [5.41, 5.74) is 15.8. The highest BCUT2D eigenvalue weighted by atomic mass is 16.3. The summed E-state index contributed by atoms with van der Waals surface area (Å²) in [4.78, 5) is 4.55. The van der Waals surface area contributed by atoms with E-state index in [9.17, 15) is 10.5 Å². The average molecular weight is 767 g/mol. The second-order valence-electron chi connectivity index (χ2n) is 17.5. The van der Waals surface area contributed by atoms with Gasteiger partial charge in [-0.15, -0.1) is 0 Å². The summed E-state index contributed by atoms with van der Waals surface area (Å²) in [5, 5.41) is 21.5. The van der Waals surface area contributed by atoms with Crippen LogP contribution in [0.5, 0.6) is 0 Å². The van der Waals surface area contributed by atoms with Crippen molar-refractivity contribution in [2.24, 2.45) is 0 Å². The number of anilines is 6. The molecule has 0 spiro atoms. The van der Waals surface area contributed by atoms with Gasteiger partial charge in [-0.05, 0) is 142 Å². The van der Waals surface area contributed by atoms with Crippen LogP contribution in [-0.2, 0) is 10.8 Å². The molecule has 0 bridgehead atoms. The van der Waals surface area contributed by atoms with Crippen molar-refractivity contribution in [3.63, 3.8) is 0 Å². The van der Waals surface area contributed by atoms with Crippen LogP contribution in [0.15, 0.2) is 150 Å². The fourth-order valence-corrected chi connectivity index (χ4v) is 8.83. The van der Waals surface area contributed by atoms with Crippen molar-refractivity contribution in [3.05, 3.63) is 179 Å². The molecule has 0 atom stereocenters. The summed E-state index contributed by atoms with van der Waals surface area (Å²) in [6.07, 6.45) is 0. The van der Waals surface area contributed by atoms with Crippen molar-refractivity contribution >= 4 is 56.1 Å². The van der Waals surface area contributed by atoms with E-state index in [4.69, 9.17) is 4.42 Å². The van der Waals surface area contributed by atoms with Crippen molar-refractivity contribution in [1.29, 1.82) is 10.5 Å². The number of hydrogen-bond acceptors (Lipinski definition) is 5. The van der Waals surface area contributed by atoms with Crippen molar-refractivity contribution in [2.45, 2.75) is 65.2 Å². The van der Waals surface area contributed by atoms with Gasteiger partial charge in [0.25, 0.3) is 0 Å². The Bertz CT molecular complexity index is 2970. The van der Waals surface area contributed by atoms with Gasteiger partial charge in [0, 0.05) is 44.6 Å². The van der Waals surface area contributed by atoms with E-state index >= 15 is 0 Å². The van der Waals surface area contributed by atoms with Gasteiger partial charge in [0.05, 0.1) is 29.0 Å². The second-order valence-corrected chi connectivity index (χ2v) is 17.5. The smallest absolute Gasteiger partial charge is 0.159 e. The molecule has 1 aliphatic carbocycles. The first-order chi connectivity index (χ1) is 28.4. The Morgan fingerprint density at radius 3 is 1.68 bits per heavy atom. The maximum Gasteiger partial charge on any atom is 0.159 e. The van der Waals surface area contributed by atoms with E-state index in [1.165, 1.54) is 33.4 Å². The van der Waals surface area contributed by atoms with E-state index < -0.39 is 5.41 Å². The third-order valence-corrected chi connectivity index (χ3v) is 12.0. The van der Waals surface area contributed by atoms with Crippen molar-refractivity contribution < 1.29 is 4.42 Å². The molecule has 5 heteroatoms. The van der Waals surface area contributed by atoms with E-state index in [1.807, 2.05) is 54.6 Å². The van der Waals surface area contributed by atoms with Crippen LogP contribution in [0.2, 0.25) is 0 Å². The van der Waals surface area contributed by atoms with Crippen LogP contribution in [0.1, 0.15) is 87.8 Å². The van der Waals surface area contributed by atoms with Gasteiger partial charge >= 0.3 is 0 Å². The minimum Gasteiger partial charge on any atom is -0.454 e. The molecule has 7 aromatic carbocycles. The molecule has 0 amide bonds. The quantitative estimate of drug-likeness (QED) is 0.162.